The van der Waals surface area contributed by atoms with E-state index in [0.29, 0.717) is 34.3 Å². The standard InChI is InChI=1S/C18H20N2O5S/c1-4-25-17(23)9-14-10-26-18(19-14)20-16(22)8-13-7-12(11(2)21)5-6-15(13)24-3/h5-7,10H,4,8-9H2,1-3H3,(H,19,20,22). The van der Waals surface area contributed by atoms with Crippen molar-refractivity contribution in [1.82, 2.24) is 4.98 Å². The minimum absolute atomic E-state index is 0.0388. The molecule has 1 heterocycles. The highest BCUT2D eigenvalue weighted by Gasteiger charge is 2.14. The van der Waals surface area contributed by atoms with E-state index in [1.807, 2.05) is 0 Å². The first-order chi connectivity index (χ1) is 12.4. The van der Waals surface area contributed by atoms with Crippen LogP contribution in [0, 0.1) is 0 Å². The van der Waals surface area contributed by atoms with Crippen molar-refractivity contribution in [3.63, 3.8) is 0 Å². The van der Waals surface area contributed by atoms with E-state index in [1.165, 1.54) is 25.4 Å². The maximum absolute atomic E-state index is 12.3. The lowest BCUT2D eigenvalue weighted by Crippen LogP contribution is -2.15. The Kier molecular flexibility index (Phi) is 6.85. The van der Waals surface area contributed by atoms with Gasteiger partial charge in [0.2, 0.25) is 5.91 Å². The summed E-state index contributed by atoms with van der Waals surface area (Å²) in [5, 5.41) is 4.79. The molecular weight excluding hydrogens is 356 g/mol. The predicted molar refractivity (Wildman–Crippen MR) is 97.8 cm³/mol. The zero-order valence-electron chi connectivity index (χ0n) is 14.8. The molecule has 0 radical (unpaired) electrons. The number of nitrogens with one attached hydrogen (secondary N) is 1. The maximum Gasteiger partial charge on any atom is 0.311 e. The zero-order valence-corrected chi connectivity index (χ0v) is 15.6. The number of amides is 1. The number of carbonyl (C=O) groups is 3. The lowest BCUT2D eigenvalue weighted by Gasteiger charge is -2.09. The molecule has 0 aliphatic heterocycles. The Labute approximate surface area is 155 Å². The number of carbonyl (C=O) groups excluding carboxylic acids is 3. The lowest BCUT2D eigenvalue weighted by atomic mass is 10.0. The van der Waals surface area contributed by atoms with Gasteiger partial charge in [0.05, 0.1) is 32.3 Å². The molecule has 26 heavy (non-hydrogen) atoms. The van der Waals surface area contributed by atoms with Crippen molar-refractivity contribution in [3.05, 3.63) is 40.4 Å². The molecule has 138 valence electrons. The highest BCUT2D eigenvalue weighted by atomic mass is 32.1. The van der Waals surface area contributed by atoms with Crippen LogP contribution in [0.1, 0.15) is 35.5 Å². The number of methoxy groups -OCH3 is 1. The monoisotopic (exact) mass is 376 g/mol. The fraction of sp³-hybridized carbons (Fsp3) is 0.333. The highest BCUT2D eigenvalue weighted by molar-refractivity contribution is 7.13. The number of ketones is 1. The topological polar surface area (TPSA) is 94.6 Å². The van der Waals surface area contributed by atoms with Gasteiger partial charge >= 0.3 is 5.97 Å². The molecule has 2 aromatic rings. The molecule has 0 unspecified atom stereocenters. The highest BCUT2D eigenvalue weighted by Crippen LogP contribution is 2.22. The summed E-state index contributed by atoms with van der Waals surface area (Å²) in [4.78, 5) is 39.5. The Morgan fingerprint density at radius 1 is 1.23 bits per heavy atom. The quantitative estimate of drug-likeness (QED) is 0.562. The van der Waals surface area contributed by atoms with Crippen molar-refractivity contribution in [2.45, 2.75) is 26.7 Å². The van der Waals surface area contributed by atoms with Gasteiger partial charge in [0.1, 0.15) is 5.75 Å². The molecule has 0 saturated carbocycles. The Morgan fingerprint density at radius 2 is 2.00 bits per heavy atom. The second-order valence-corrected chi connectivity index (χ2v) is 6.29. The van der Waals surface area contributed by atoms with Crippen LogP contribution in [-0.2, 0) is 27.2 Å². The minimum atomic E-state index is -0.360. The van der Waals surface area contributed by atoms with Crippen molar-refractivity contribution in [2.24, 2.45) is 0 Å². The van der Waals surface area contributed by atoms with Gasteiger partial charge in [0.15, 0.2) is 10.9 Å². The first kappa shape index (κ1) is 19.6. The SMILES string of the molecule is CCOC(=O)Cc1csc(NC(=O)Cc2cc(C(C)=O)ccc2OC)n1. The summed E-state index contributed by atoms with van der Waals surface area (Å²) in [6.07, 6.45) is 0.103. The van der Waals surface area contributed by atoms with Gasteiger partial charge in [0, 0.05) is 16.5 Å². The average molecular weight is 376 g/mol. The van der Waals surface area contributed by atoms with Crippen LogP contribution in [0.25, 0.3) is 0 Å². The van der Waals surface area contributed by atoms with Crippen molar-refractivity contribution in [3.8, 4) is 5.75 Å². The summed E-state index contributed by atoms with van der Waals surface area (Å²) >= 11 is 1.23. The molecule has 0 saturated heterocycles. The maximum atomic E-state index is 12.3. The van der Waals surface area contributed by atoms with Gasteiger partial charge in [-0.1, -0.05) is 0 Å². The smallest absolute Gasteiger partial charge is 0.311 e. The van der Waals surface area contributed by atoms with Crippen molar-refractivity contribution in [1.29, 1.82) is 0 Å². The summed E-state index contributed by atoms with van der Waals surface area (Å²) in [5.74, 6) is -0.201. The number of esters is 1. The second-order valence-electron chi connectivity index (χ2n) is 5.43. The molecule has 1 amide bonds. The number of Topliss-reactive ketones (excluding diaryl/α,β-unsaturated/α-hetero) is 1. The molecule has 0 aliphatic rings. The Morgan fingerprint density at radius 3 is 2.65 bits per heavy atom. The van der Waals surface area contributed by atoms with Gasteiger partial charge in [-0.25, -0.2) is 4.98 Å². The first-order valence-corrected chi connectivity index (χ1v) is 8.88. The molecule has 0 spiro atoms. The molecule has 0 aliphatic carbocycles. The molecule has 0 bridgehead atoms. The largest absolute Gasteiger partial charge is 0.496 e. The van der Waals surface area contributed by atoms with Gasteiger partial charge in [0.25, 0.3) is 0 Å². The number of thiazole rings is 1. The van der Waals surface area contributed by atoms with Crippen LogP contribution in [0.3, 0.4) is 0 Å². The summed E-state index contributed by atoms with van der Waals surface area (Å²) in [5.41, 5.74) is 1.67. The summed E-state index contributed by atoms with van der Waals surface area (Å²) < 4.78 is 10.1. The number of hydrogen-bond acceptors (Lipinski definition) is 7. The number of aromatic nitrogens is 1. The minimum Gasteiger partial charge on any atom is -0.496 e. The molecule has 7 nitrogen and oxygen atoms in total. The van der Waals surface area contributed by atoms with E-state index >= 15 is 0 Å². The molecular formula is C18H20N2O5S. The Bertz CT molecular complexity index is 816. The van der Waals surface area contributed by atoms with E-state index in [-0.39, 0.29) is 30.5 Å². The fourth-order valence-corrected chi connectivity index (χ4v) is 3.00. The van der Waals surface area contributed by atoms with Crippen LogP contribution in [0.2, 0.25) is 0 Å². The van der Waals surface area contributed by atoms with Gasteiger partial charge in [-0.3, -0.25) is 14.4 Å². The number of anilines is 1. The van der Waals surface area contributed by atoms with E-state index in [2.05, 4.69) is 10.3 Å². The number of rotatable bonds is 8. The van der Waals surface area contributed by atoms with Crippen molar-refractivity contribution >= 4 is 34.1 Å². The van der Waals surface area contributed by atoms with Crippen LogP contribution in [-0.4, -0.2) is 36.4 Å². The second kappa shape index (κ2) is 9.10. The van der Waals surface area contributed by atoms with E-state index in [4.69, 9.17) is 9.47 Å². The third kappa shape index (κ3) is 5.38. The Hall–Kier alpha value is -2.74. The van der Waals surface area contributed by atoms with Crippen LogP contribution in [0.5, 0.6) is 5.75 Å². The summed E-state index contributed by atoms with van der Waals surface area (Å²) in [6.45, 7) is 3.51. The molecule has 1 aromatic heterocycles. The van der Waals surface area contributed by atoms with Crippen molar-refractivity contribution in [2.75, 3.05) is 19.0 Å². The first-order valence-electron chi connectivity index (χ1n) is 8.00. The van der Waals surface area contributed by atoms with E-state index in [9.17, 15) is 14.4 Å². The number of nitrogens with zero attached hydrogens (tertiary/aromatic N) is 1. The molecule has 1 aromatic carbocycles. The third-order valence-corrected chi connectivity index (χ3v) is 4.27. The number of benzene rings is 1. The molecule has 1 N–H and O–H groups in total. The van der Waals surface area contributed by atoms with E-state index in [0.717, 1.165) is 0 Å². The van der Waals surface area contributed by atoms with E-state index in [1.54, 1.807) is 30.5 Å². The predicted octanol–water partition coefficient (Wildman–Crippen LogP) is 2.64. The third-order valence-electron chi connectivity index (χ3n) is 3.47. The van der Waals surface area contributed by atoms with Gasteiger partial charge in [-0.15, -0.1) is 11.3 Å². The number of ether oxygens (including phenoxy) is 2. The van der Waals surface area contributed by atoms with Crippen molar-refractivity contribution < 1.29 is 23.9 Å². The summed E-state index contributed by atoms with van der Waals surface area (Å²) in [6, 6.07) is 4.97. The van der Waals surface area contributed by atoms with Crippen LogP contribution in [0.4, 0.5) is 5.13 Å². The normalized spacial score (nSPS) is 10.3. The molecule has 0 atom stereocenters. The molecule has 8 heteroatoms. The Balaban J connectivity index is 2.03. The van der Waals surface area contributed by atoms with Crippen LogP contribution in [0.15, 0.2) is 23.6 Å². The van der Waals surface area contributed by atoms with Crippen LogP contribution >= 0.6 is 11.3 Å². The lowest BCUT2D eigenvalue weighted by molar-refractivity contribution is -0.142. The van der Waals surface area contributed by atoms with Gasteiger partial charge in [-0.05, 0) is 32.0 Å². The average Bonchev–Trinajstić information content (AvgIpc) is 3.01. The van der Waals surface area contributed by atoms with Gasteiger partial charge < -0.3 is 14.8 Å². The van der Waals surface area contributed by atoms with Crippen LogP contribution < -0.4 is 10.1 Å². The fourth-order valence-electron chi connectivity index (χ4n) is 2.28. The van der Waals surface area contributed by atoms with Gasteiger partial charge in [-0.2, -0.15) is 0 Å². The zero-order chi connectivity index (χ0) is 19.1. The summed E-state index contributed by atoms with van der Waals surface area (Å²) in [7, 11) is 1.51. The number of hydrogen-bond donors (Lipinski definition) is 1. The molecule has 2 rings (SSSR count). The molecule has 0 fully saturated rings. The van der Waals surface area contributed by atoms with E-state index < -0.39 is 0 Å².